The zero-order valence-electron chi connectivity index (χ0n) is 8.20. The van der Waals surface area contributed by atoms with Crippen molar-refractivity contribution in [1.29, 1.82) is 0 Å². The molecule has 0 aliphatic heterocycles. The van der Waals surface area contributed by atoms with E-state index in [1.54, 1.807) is 13.0 Å². The van der Waals surface area contributed by atoms with Crippen molar-refractivity contribution in [2.75, 3.05) is 5.73 Å². The Kier molecular flexibility index (Phi) is 5.47. The standard InChI is InChI=1S/C7H7ClFN.C3H8/c1-4-6(10)3-2-5(8)7(4)9;1-3-2/h2-3H,10H2,1H3;3H2,1-2H3. The number of hydrogen-bond donors (Lipinski definition) is 1. The molecule has 0 spiro atoms. The molecule has 0 atom stereocenters. The molecule has 0 saturated heterocycles. The van der Waals surface area contributed by atoms with Crippen molar-refractivity contribution in [3.63, 3.8) is 0 Å². The summed E-state index contributed by atoms with van der Waals surface area (Å²) in [6.45, 7) is 5.84. The molecule has 0 fully saturated rings. The highest BCUT2D eigenvalue weighted by molar-refractivity contribution is 6.30. The van der Waals surface area contributed by atoms with Gasteiger partial charge in [-0.1, -0.05) is 31.9 Å². The van der Waals surface area contributed by atoms with Crippen molar-refractivity contribution >= 4 is 17.3 Å². The summed E-state index contributed by atoms with van der Waals surface area (Å²) in [5.74, 6) is -0.429. The fourth-order valence-electron chi connectivity index (χ4n) is 0.667. The largest absolute Gasteiger partial charge is 0.398 e. The lowest BCUT2D eigenvalue weighted by molar-refractivity contribution is 0.620. The van der Waals surface area contributed by atoms with Crippen molar-refractivity contribution in [1.82, 2.24) is 0 Å². The van der Waals surface area contributed by atoms with Gasteiger partial charge in [0.25, 0.3) is 0 Å². The van der Waals surface area contributed by atoms with Gasteiger partial charge in [-0.25, -0.2) is 4.39 Å². The molecule has 1 aromatic rings. The number of rotatable bonds is 0. The minimum Gasteiger partial charge on any atom is -0.398 e. The van der Waals surface area contributed by atoms with E-state index in [-0.39, 0.29) is 5.02 Å². The Balaban J connectivity index is 0.000000424. The molecule has 1 aromatic carbocycles. The second kappa shape index (κ2) is 5.81. The Morgan fingerprint density at radius 3 is 2.23 bits per heavy atom. The van der Waals surface area contributed by atoms with E-state index in [0.29, 0.717) is 11.3 Å². The summed E-state index contributed by atoms with van der Waals surface area (Å²) in [5.41, 5.74) is 6.23. The average molecular weight is 204 g/mol. The molecule has 0 saturated carbocycles. The van der Waals surface area contributed by atoms with E-state index in [1.165, 1.54) is 12.5 Å². The number of hydrogen-bond acceptors (Lipinski definition) is 1. The third-order valence-electron chi connectivity index (χ3n) is 1.38. The molecule has 0 bridgehead atoms. The Hall–Kier alpha value is -0.760. The summed E-state index contributed by atoms with van der Waals surface area (Å²) in [4.78, 5) is 0. The molecule has 0 aliphatic carbocycles. The van der Waals surface area contributed by atoms with Crippen molar-refractivity contribution in [2.24, 2.45) is 0 Å². The highest BCUT2D eigenvalue weighted by Crippen LogP contribution is 2.21. The van der Waals surface area contributed by atoms with Crippen LogP contribution < -0.4 is 5.73 Å². The van der Waals surface area contributed by atoms with Gasteiger partial charge in [0.1, 0.15) is 5.82 Å². The van der Waals surface area contributed by atoms with E-state index in [1.807, 2.05) is 0 Å². The molecular formula is C10H15ClFN. The Morgan fingerprint density at radius 1 is 1.38 bits per heavy atom. The number of halogens is 2. The highest BCUT2D eigenvalue weighted by Gasteiger charge is 2.04. The molecule has 13 heavy (non-hydrogen) atoms. The molecule has 1 rings (SSSR count). The quantitative estimate of drug-likeness (QED) is 0.638. The molecule has 0 aliphatic rings. The number of nitrogens with two attached hydrogens (primary N) is 1. The van der Waals surface area contributed by atoms with Gasteiger partial charge >= 0.3 is 0 Å². The average Bonchev–Trinajstić information content (AvgIpc) is 2.10. The van der Waals surface area contributed by atoms with E-state index in [4.69, 9.17) is 17.3 Å². The summed E-state index contributed by atoms with van der Waals surface area (Å²) in [7, 11) is 0. The first-order valence-electron chi connectivity index (χ1n) is 4.24. The minimum atomic E-state index is -0.429. The zero-order chi connectivity index (χ0) is 10.4. The molecular weight excluding hydrogens is 189 g/mol. The number of benzene rings is 1. The summed E-state index contributed by atoms with van der Waals surface area (Å²) in [6, 6.07) is 3.03. The summed E-state index contributed by atoms with van der Waals surface area (Å²) >= 11 is 5.46. The van der Waals surface area contributed by atoms with Gasteiger partial charge < -0.3 is 5.73 Å². The molecule has 3 heteroatoms. The van der Waals surface area contributed by atoms with Gasteiger partial charge in [-0.3, -0.25) is 0 Å². The highest BCUT2D eigenvalue weighted by atomic mass is 35.5. The van der Waals surface area contributed by atoms with Crippen LogP contribution in [-0.2, 0) is 0 Å². The third-order valence-corrected chi connectivity index (χ3v) is 1.67. The van der Waals surface area contributed by atoms with Crippen LogP contribution in [0.4, 0.5) is 10.1 Å². The molecule has 2 N–H and O–H groups in total. The van der Waals surface area contributed by atoms with E-state index < -0.39 is 5.82 Å². The first-order chi connectivity index (χ1) is 6.04. The molecule has 0 aromatic heterocycles. The van der Waals surface area contributed by atoms with Crippen molar-refractivity contribution in [2.45, 2.75) is 27.2 Å². The third kappa shape index (κ3) is 3.64. The lowest BCUT2D eigenvalue weighted by atomic mass is 10.2. The van der Waals surface area contributed by atoms with Crippen LogP contribution >= 0.6 is 11.6 Å². The van der Waals surface area contributed by atoms with Gasteiger partial charge in [-0.2, -0.15) is 0 Å². The van der Waals surface area contributed by atoms with Gasteiger partial charge in [0.05, 0.1) is 5.02 Å². The zero-order valence-corrected chi connectivity index (χ0v) is 8.95. The number of nitrogen functional groups attached to an aromatic ring is 1. The maximum absolute atomic E-state index is 12.8. The van der Waals surface area contributed by atoms with Gasteiger partial charge in [0.15, 0.2) is 0 Å². The van der Waals surface area contributed by atoms with Crippen LogP contribution in [-0.4, -0.2) is 0 Å². The molecule has 1 nitrogen and oxygen atoms in total. The minimum absolute atomic E-state index is 0.117. The summed E-state index contributed by atoms with van der Waals surface area (Å²) in [6.07, 6.45) is 1.25. The fourth-order valence-corrected chi connectivity index (χ4v) is 0.872. The molecule has 74 valence electrons. The van der Waals surface area contributed by atoms with E-state index in [2.05, 4.69) is 13.8 Å². The van der Waals surface area contributed by atoms with E-state index in [9.17, 15) is 4.39 Å². The maximum atomic E-state index is 12.8. The molecule has 0 heterocycles. The molecule has 0 amide bonds. The number of anilines is 1. The van der Waals surface area contributed by atoms with Crippen LogP contribution in [0, 0.1) is 12.7 Å². The van der Waals surface area contributed by atoms with Crippen LogP contribution in [0.5, 0.6) is 0 Å². The Bertz CT molecular complexity index is 247. The van der Waals surface area contributed by atoms with Crippen molar-refractivity contribution in [3.05, 3.63) is 28.5 Å². The predicted molar refractivity (Wildman–Crippen MR) is 56.5 cm³/mol. The summed E-state index contributed by atoms with van der Waals surface area (Å²) in [5, 5.41) is 0.117. The monoisotopic (exact) mass is 203 g/mol. The van der Waals surface area contributed by atoms with E-state index >= 15 is 0 Å². The Morgan fingerprint density at radius 2 is 1.85 bits per heavy atom. The van der Waals surface area contributed by atoms with Crippen molar-refractivity contribution in [3.8, 4) is 0 Å². The van der Waals surface area contributed by atoms with Gasteiger partial charge in [0, 0.05) is 11.3 Å². The SMILES string of the molecule is CCC.Cc1c(N)ccc(Cl)c1F. The van der Waals surface area contributed by atoms with Gasteiger partial charge in [0.2, 0.25) is 0 Å². The second-order valence-electron chi connectivity index (χ2n) is 2.78. The van der Waals surface area contributed by atoms with Crippen LogP contribution in [0.2, 0.25) is 5.02 Å². The van der Waals surface area contributed by atoms with E-state index in [0.717, 1.165) is 0 Å². The second-order valence-corrected chi connectivity index (χ2v) is 3.19. The van der Waals surface area contributed by atoms with Crippen LogP contribution in [0.3, 0.4) is 0 Å². The van der Waals surface area contributed by atoms with Crippen LogP contribution in [0.1, 0.15) is 25.8 Å². The predicted octanol–water partition coefficient (Wildman–Crippen LogP) is 3.79. The smallest absolute Gasteiger partial charge is 0.146 e. The Labute approximate surface area is 83.7 Å². The van der Waals surface area contributed by atoms with Crippen LogP contribution in [0.25, 0.3) is 0 Å². The molecule has 0 unspecified atom stereocenters. The van der Waals surface area contributed by atoms with Gasteiger partial charge in [-0.15, -0.1) is 0 Å². The normalized spacial score (nSPS) is 9.00. The molecule has 0 radical (unpaired) electrons. The lowest BCUT2D eigenvalue weighted by Crippen LogP contribution is -1.92. The lowest BCUT2D eigenvalue weighted by Gasteiger charge is -2.01. The fraction of sp³-hybridized carbons (Fsp3) is 0.400. The van der Waals surface area contributed by atoms with Gasteiger partial charge in [-0.05, 0) is 19.1 Å². The topological polar surface area (TPSA) is 26.0 Å². The van der Waals surface area contributed by atoms with Crippen LogP contribution in [0.15, 0.2) is 12.1 Å². The maximum Gasteiger partial charge on any atom is 0.146 e. The van der Waals surface area contributed by atoms with Crippen molar-refractivity contribution < 1.29 is 4.39 Å². The first-order valence-corrected chi connectivity index (χ1v) is 4.62. The summed E-state index contributed by atoms with van der Waals surface area (Å²) < 4.78 is 12.8. The first kappa shape index (κ1) is 12.2.